The molecule has 3 N–H and O–H groups in total. The van der Waals surface area contributed by atoms with E-state index >= 15 is 0 Å². The first kappa shape index (κ1) is 13.7. The molecule has 0 bridgehead atoms. The molecule has 0 spiro atoms. The van der Waals surface area contributed by atoms with Crippen LogP contribution in [-0.4, -0.2) is 36.3 Å². The predicted octanol–water partition coefficient (Wildman–Crippen LogP) is 1.47. The van der Waals surface area contributed by atoms with Gasteiger partial charge in [0.1, 0.15) is 11.3 Å². The second-order valence-corrected chi connectivity index (χ2v) is 4.91. The van der Waals surface area contributed by atoms with E-state index in [0.717, 1.165) is 24.4 Å². The van der Waals surface area contributed by atoms with Crippen molar-refractivity contribution in [3.05, 3.63) is 24.3 Å². The zero-order valence-electron chi connectivity index (χ0n) is 11.1. The van der Waals surface area contributed by atoms with Crippen LogP contribution in [0.5, 0.6) is 5.75 Å². The quantitative estimate of drug-likeness (QED) is 0.861. The number of piperidine rings is 1. The topological polar surface area (TPSA) is 75.8 Å². The summed E-state index contributed by atoms with van der Waals surface area (Å²) in [4.78, 5) is 13.2. The summed E-state index contributed by atoms with van der Waals surface area (Å²) in [5, 5.41) is 9.20. The van der Waals surface area contributed by atoms with Gasteiger partial charge in [0.25, 0.3) is 0 Å². The summed E-state index contributed by atoms with van der Waals surface area (Å²) in [5.74, 6) is -0.108. The van der Waals surface area contributed by atoms with Crippen LogP contribution in [0, 0.1) is 0 Å². The SMILES string of the molecule is CCOc1ccc(N2CCCC(N)(C(=O)O)C2)cc1. The highest BCUT2D eigenvalue weighted by molar-refractivity contribution is 5.80. The minimum Gasteiger partial charge on any atom is -0.494 e. The summed E-state index contributed by atoms with van der Waals surface area (Å²) in [7, 11) is 0. The Kier molecular flexibility index (Phi) is 3.95. The minimum absolute atomic E-state index is 0.344. The van der Waals surface area contributed by atoms with Crippen molar-refractivity contribution >= 4 is 11.7 Å². The standard InChI is InChI=1S/C14H20N2O3/c1-2-19-12-6-4-11(5-7-12)16-9-3-8-14(15,10-16)13(17)18/h4-7H,2-3,8-10,15H2,1H3,(H,17,18). The molecule has 1 aromatic carbocycles. The van der Waals surface area contributed by atoms with Crippen LogP contribution in [0.25, 0.3) is 0 Å². The van der Waals surface area contributed by atoms with Gasteiger partial charge >= 0.3 is 5.97 Å². The molecule has 1 aliphatic rings. The molecule has 2 rings (SSSR count). The van der Waals surface area contributed by atoms with Gasteiger partial charge in [-0.25, -0.2) is 0 Å². The Morgan fingerprint density at radius 2 is 2.16 bits per heavy atom. The van der Waals surface area contributed by atoms with Crippen LogP contribution >= 0.6 is 0 Å². The average Bonchev–Trinajstić information content (AvgIpc) is 2.40. The molecule has 1 fully saturated rings. The lowest BCUT2D eigenvalue weighted by atomic mass is 9.90. The Morgan fingerprint density at radius 1 is 1.47 bits per heavy atom. The fourth-order valence-corrected chi connectivity index (χ4v) is 2.40. The lowest BCUT2D eigenvalue weighted by Crippen LogP contribution is -2.59. The van der Waals surface area contributed by atoms with Gasteiger partial charge in [0.2, 0.25) is 0 Å². The molecule has 1 aromatic rings. The second kappa shape index (κ2) is 5.48. The van der Waals surface area contributed by atoms with E-state index in [-0.39, 0.29) is 0 Å². The van der Waals surface area contributed by atoms with E-state index in [0.29, 0.717) is 19.6 Å². The normalized spacial score (nSPS) is 23.2. The van der Waals surface area contributed by atoms with Gasteiger partial charge in [-0.15, -0.1) is 0 Å². The molecule has 0 aliphatic carbocycles. The number of hydrogen-bond donors (Lipinski definition) is 2. The van der Waals surface area contributed by atoms with Crippen molar-refractivity contribution < 1.29 is 14.6 Å². The van der Waals surface area contributed by atoms with Crippen LogP contribution in [0.1, 0.15) is 19.8 Å². The van der Waals surface area contributed by atoms with Gasteiger partial charge in [0, 0.05) is 18.8 Å². The van der Waals surface area contributed by atoms with E-state index in [1.54, 1.807) is 0 Å². The number of carboxylic acids is 1. The van der Waals surface area contributed by atoms with Gasteiger partial charge in [0.05, 0.1) is 6.61 Å². The number of carbonyl (C=O) groups is 1. The fourth-order valence-electron chi connectivity index (χ4n) is 2.40. The Hall–Kier alpha value is -1.75. The van der Waals surface area contributed by atoms with Crippen LogP contribution in [0.4, 0.5) is 5.69 Å². The van der Waals surface area contributed by atoms with Crippen molar-refractivity contribution in [1.29, 1.82) is 0 Å². The smallest absolute Gasteiger partial charge is 0.325 e. The molecule has 19 heavy (non-hydrogen) atoms. The van der Waals surface area contributed by atoms with Gasteiger partial charge in [-0.05, 0) is 44.0 Å². The molecule has 0 saturated carbocycles. The first-order valence-electron chi connectivity index (χ1n) is 6.55. The second-order valence-electron chi connectivity index (χ2n) is 4.91. The molecule has 5 nitrogen and oxygen atoms in total. The van der Waals surface area contributed by atoms with Gasteiger partial charge < -0.3 is 20.5 Å². The molecule has 0 radical (unpaired) electrons. The van der Waals surface area contributed by atoms with E-state index < -0.39 is 11.5 Å². The molecule has 1 aliphatic heterocycles. The van der Waals surface area contributed by atoms with Gasteiger partial charge in [-0.3, -0.25) is 4.79 Å². The molecule has 1 heterocycles. The maximum atomic E-state index is 11.2. The summed E-state index contributed by atoms with van der Waals surface area (Å²) in [6, 6.07) is 7.68. The van der Waals surface area contributed by atoms with Gasteiger partial charge in [-0.1, -0.05) is 0 Å². The Morgan fingerprint density at radius 3 is 2.74 bits per heavy atom. The number of ether oxygens (including phenoxy) is 1. The van der Waals surface area contributed by atoms with Gasteiger partial charge in [0.15, 0.2) is 0 Å². The van der Waals surface area contributed by atoms with Crippen molar-refractivity contribution in [2.24, 2.45) is 5.73 Å². The number of anilines is 1. The molecule has 1 saturated heterocycles. The Bertz CT molecular complexity index is 447. The summed E-state index contributed by atoms with van der Waals surface area (Å²) in [5.41, 5.74) is 5.78. The number of aliphatic carboxylic acids is 1. The molecule has 1 atom stereocenters. The number of carboxylic acid groups (broad SMARTS) is 1. The molecule has 1 unspecified atom stereocenters. The van der Waals surface area contributed by atoms with Crippen LogP contribution in [-0.2, 0) is 4.79 Å². The maximum Gasteiger partial charge on any atom is 0.325 e. The largest absolute Gasteiger partial charge is 0.494 e. The van der Waals surface area contributed by atoms with Crippen LogP contribution in [0.3, 0.4) is 0 Å². The zero-order valence-corrected chi connectivity index (χ0v) is 11.1. The number of rotatable bonds is 4. The molecular formula is C14H20N2O3. The number of nitrogens with zero attached hydrogens (tertiary/aromatic N) is 1. The highest BCUT2D eigenvalue weighted by Gasteiger charge is 2.38. The molecule has 0 aromatic heterocycles. The summed E-state index contributed by atoms with van der Waals surface area (Å²) >= 11 is 0. The van der Waals surface area contributed by atoms with Crippen molar-refractivity contribution in [3.8, 4) is 5.75 Å². The van der Waals surface area contributed by atoms with Crippen LogP contribution in [0.2, 0.25) is 0 Å². The maximum absolute atomic E-state index is 11.2. The van der Waals surface area contributed by atoms with E-state index in [4.69, 9.17) is 10.5 Å². The molecule has 0 amide bonds. The molecular weight excluding hydrogens is 244 g/mol. The first-order valence-corrected chi connectivity index (χ1v) is 6.55. The first-order chi connectivity index (χ1) is 9.05. The minimum atomic E-state index is -1.14. The van der Waals surface area contributed by atoms with E-state index in [1.807, 2.05) is 36.1 Å². The third-order valence-corrected chi connectivity index (χ3v) is 3.46. The number of hydrogen-bond acceptors (Lipinski definition) is 4. The highest BCUT2D eigenvalue weighted by atomic mass is 16.5. The van der Waals surface area contributed by atoms with Gasteiger partial charge in [-0.2, -0.15) is 0 Å². The van der Waals surface area contributed by atoms with E-state index in [1.165, 1.54) is 0 Å². The Balaban J connectivity index is 2.11. The van der Waals surface area contributed by atoms with E-state index in [2.05, 4.69) is 0 Å². The summed E-state index contributed by atoms with van der Waals surface area (Å²) < 4.78 is 5.39. The average molecular weight is 264 g/mol. The van der Waals surface area contributed by atoms with E-state index in [9.17, 15) is 9.90 Å². The van der Waals surface area contributed by atoms with Crippen LogP contribution in [0.15, 0.2) is 24.3 Å². The third-order valence-electron chi connectivity index (χ3n) is 3.46. The highest BCUT2D eigenvalue weighted by Crippen LogP contribution is 2.26. The van der Waals surface area contributed by atoms with Crippen molar-refractivity contribution in [2.75, 3.05) is 24.6 Å². The summed E-state index contributed by atoms with van der Waals surface area (Å²) in [6.45, 7) is 3.75. The fraction of sp³-hybridized carbons (Fsp3) is 0.500. The number of nitrogens with two attached hydrogens (primary N) is 1. The molecule has 104 valence electrons. The van der Waals surface area contributed by atoms with Crippen molar-refractivity contribution in [3.63, 3.8) is 0 Å². The number of benzene rings is 1. The third kappa shape index (κ3) is 2.98. The summed E-state index contributed by atoms with van der Waals surface area (Å²) in [6.07, 6.45) is 1.31. The lowest BCUT2D eigenvalue weighted by Gasteiger charge is -2.38. The monoisotopic (exact) mass is 264 g/mol. The lowest BCUT2D eigenvalue weighted by molar-refractivity contribution is -0.143. The van der Waals surface area contributed by atoms with Crippen molar-refractivity contribution in [2.45, 2.75) is 25.3 Å². The predicted molar refractivity (Wildman–Crippen MR) is 73.6 cm³/mol. The molecule has 5 heteroatoms. The van der Waals surface area contributed by atoms with Crippen molar-refractivity contribution in [1.82, 2.24) is 0 Å². The zero-order chi connectivity index (χ0) is 13.9. The van der Waals surface area contributed by atoms with Crippen LogP contribution < -0.4 is 15.4 Å². The Labute approximate surface area is 113 Å².